The summed E-state index contributed by atoms with van der Waals surface area (Å²) < 4.78 is 10.7. The Labute approximate surface area is 119 Å². The first-order valence-corrected chi connectivity index (χ1v) is 6.75. The molecule has 6 heteroatoms. The van der Waals surface area contributed by atoms with Gasteiger partial charge in [-0.05, 0) is 20.3 Å². The first kappa shape index (κ1) is 16.1. The normalized spacial score (nSPS) is 10.4. The van der Waals surface area contributed by atoms with E-state index < -0.39 is 4.92 Å². The van der Waals surface area contributed by atoms with Gasteiger partial charge in [0.05, 0.1) is 18.6 Å². The summed E-state index contributed by atoms with van der Waals surface area (Å²) in [6, 6.07) is 3.36. The number of anilines is 1. The summed E-state index contributed by atoms with van der Waals surface area (Å²) >= 11 is 0. The second-order valence-electron chi connectivity index (χ2n) is 4.78. The first-order chi connectivity index (χ1) is 9.49. The van der Waals surface area contributed by atoms with Crippen LogP contribution in [0.25, 0.3) is 0 Å². The lowest BCUT2D eigenvalue weighted by atomic mass is 10.2. The second-order valence-corrected chi connectivity index (χ2v) is 4.78. The quantitative estimate of drug-likeness (QED) is 0.448. The lowest BCUT2D eigenvalue weighted by Gasteiger charge is -2.15. The maximum Gasteiger partial charge on any atom is 0.316 e. The van der Waals surface area contributed by atoms with Gasteiger partial charge in [-0.1, -0.05) is 13.3 Å². The fourth-order valence-electron chi connectivity index (χ4n) is 1.76. The summed E-state index contributed by atoms with van der Waals surface area (Å²) in [5, 5.41) is 14.3. The molecule has 20 heavy (non-hydrogen) atoms. The van der Waals surface area contributed by atoms with E-state index in [1.807, 2.05) is 20.8 Å². The van der Waals surface area contributed by atoms with Crippen molar-refractivity contribution in [3.63, 3.8) is 0 Å². The average molecular weight is 282 g/mol. The molecule has 0 bridgehead atoms. The number of hydrogen-bond donors (Lipinski definition) is 1. The molecular formula is C14H22N2O4. The van der Waals surface area contributed by atoms with Crippen molar-refractivity contribution in [3.05, 3.63) is 22.2 Å². The van der Waals surface area contributed by atoms with Crippen LogP contribution in [0.15, 0.2) is 12.1 Å². The van der Waals surface area contributed by atoms with Crippen molar-refractivity contribution in [1.82, 2.24) is 0 Å². The molecule has 0 radical (unpaired) electrons. The van der Waals surface area contributed by atoms with Crippen LogP contribution >= 0.6 is 0 Å². The highest BCUT2D eigenvalue weighted by Crippen LogP contribution is 2.40. The summed E-state index contributed by atoms with van der Waals surface area (Å²) in [6.45, 7) is 6.39. The van der Waals surface area contributed by atoms with Crippen LogP contribution in [0.1, 0.15) is 33.6 Å². The predicted octanol–water partition coefficient (Wildman–Crippen LogP) is 3.60. The Bertz CT molecular complexity index is 461. The largest absolute Gasteiger partial charge is 0.493 e. The van der Waals surface area contributed by atoms with Crippen molar-refractivity contribution >= 4 is 11.4 Å². The van der Waals surface area contributed by atoms with Crippen molar-refractivity contribution in [2.75, 3.05) is 19.0 Å². The van der Waals surface area contributed by atoms with Gasteiger partial charge in [0.15, 0.2) is 5.75 Å². The molecule has 0 amide bonds. The van der Waals surface area contributed by atoms with Crippen molar-refractivity contribution in [2.24, 2.45) is 0 Å². The fourth-order valence-corrected chi connectivity index (χ4v) is 1.76. The van der Waals surface area contributed by atoms with Crippen molar-refractivity contribution < 1.29 is 14.4 Å². The Kier molecular flexibility index (Phi) is 6.09. The molecular weight excluding hydrogens is 260 g/mol. The molecule has 1 aromatic rings. The molecule has 6 nitrogen and oxygen atoms in total. The van der Waals surface area contributed by atoms with E-state index in [1.165, 1.54) is 13.2 Å². The Hall–Kier alpha value is -1.98. The molecule has 0 aromatic heterocycles. The monoisotopic (exact) mass is 282 g/mol. The fraction of sp³-hybridized carbons (Fsp3) is 0.571. The van der Waals surface area contributed by atoms with Crippen LogP contribution in [-0.4, -0.2) is 24.7 Å². The number of rotatable bonds is 8. The molecule has 0 fully saturated rings. The Morgan fingerprint density at radius 3 is 2.60 bits per heavy atom. The predicted molar refractivity (Wildman–Crippen MR) is 78.8 cm³/mol. The number of hydrogen-bond acceptors (Lipinski definition) is 5. The van der Waals surface area contributed by atoms with E-state index in [0.717, 1.165) is 12.8 Å². The van der Waals surface area contributed by atoms with Crippen molar-refractivity contribution in [2.45, 2.75) is 39.7 Å². The summed E-state index contributed by atoms with van der Waals surface area (Å²) in [5.74, 6) is 0.568. The summed E-state index contributed by atoms with van der Waals surface area (Å²) in [7, 11) is 1.48. The molecule has 0 heterocycles. The van der Waals surface area contributed by atoms with Crippen LogP contribution in [0.4, 0.5) is 11.4 Å². The van der Waals surface area contributed by atoms with Gasteiger partial charge in [0.1, 0.15) is 0 Å². The van der Waals surface area contributed by atoms with Gasteiger partial charge in [0.25, 0.3) is 0 Å². The summed E-state index contributed by atoms with van der Waals surface area (Å²) in [6.07, 6.45) is 1.80. The lowest BCUT2D eigenvalue weighted by Crippen LogP contribution is -2.10. The van der Waals surface area contributed by atoms with Gasteiger partial charge < -0.3 is 14.8 Å². The molecule has 0 saturated heterocycles. The smallest absolute Gasteiger partial charge is 0.316 e. The molecule has 0 aliphatic heterocycles. The van der Waals surface area contributed by atoms with E-state index in [2.05, 4.69) is 5.32 Å². The number of nitro groups is 1. The summed E-state index contributed by atoms with van der Waals surface area (Å²) in [4.78, 5) is 10.8. The Balaban J connectivity index is 3.14. The number of nitrogens with one attached hydrogen (secondary N) is 1. The van der Waals surface area contributed by atoms with Crippen LogP contribution < -0.4 is 14.8 Å². The SMILES string of the molecule is CCCCOc1c(OC)cc(NC(C)C)cc1[N+](=O)[O-]. The van der Waals surface area contributed by atoms with Crippen LogP contribution in [-0.2, 0) is 0 Å². The molecule has 0 unspecified atom stereocenters. The molecule has 1 N–H and O–H groups in total. The van der Waals surface area contributed by atoms with E-state index >= 15 is 0 Å². The minimum atomic E-state index is -0.449. The maximum atomic E-state index is 11.2. The minimum Gasteiger partial charge on any atom is -0.493 e. The van der Waals surface area contributed by atoms with Gasteiger partial charge in [-0.3, -0.25) is 10.1 Å². The molecule has 0 aliphatic carbocycles. The van der Waals surface area contributed by atoms with E-state index in [9.17, 15) is 10.1 Å². The Morgan fingerprint density at radius 1 is 1.40 bits per heavy atom. The molecule has 112 valence electrons. The van der Waals surface area contributed by atoms with Gasteiger partial charge >= 0.3 is 5.69 Å². The van der Waals surface area contributed by atoms with E-state index in [-0.39, 0.29) is 17.5 Å². The van der Waals surface area contributed by atoms with Gasteiger partial charge in [-0.15, -0.1) is 0 Å². The molecule has 0 aliphatic rings. The summed E-state index contributed by atoms with van der Waals surface area (Å²) in [5.41, 5.74) is 0.565. The van der Waals surface area contributed by atoms with Crippen molar-refractivity contribution in [3.8, 4) is 11.5 Å². The number of benzene rings is 1. The number of nitro benzene ring substituents is 1. The zero-order valence-electron chi connectivity index (χ0n) is 12.4. The van der Waals surface area contributed by atoms with Crippen LogP contribution in [0.2, 0.25) is 0 Å². The van der Waals surface area contributed by atoms with Crippen LogP contribution in [0.3, 0.4) is 0 Å². The van der Waals surface area contributed by atoms with Crippen molar-refractivity contribution in [1.29, 1.82) is 0 Å². The Morgan fingerprint density at radius 2 is 2.10 bits per heavy atom. The highest BCUT2D eigenvalue weighted by atomic mass is 16.6. The van der Waals surface area contributed by atoms with E-state index in [1.54, 1.807) is 6.07 Å². The van der Waals surface area contributed by atoms with Gasteiger partial charge in [0.2, 0.25) is 5.75 Å². The number of unbranched alkanes of at least 4 members (excludes halogenated alkanes) is 1. The standard InChI is InChI=1S/C14H22N2O4/c1-5-6-7-20-14-12(16(17)18)8-11(15-10(2)3)9-13(14)19-4/h8-10,15H,5-7H2,1-4H3. The highest BCUT2D eigenvalue weighted by Gasteiger charge is 2.22. The maximum absolute atomic E-state index is 11.2. The zero-order valence-corrected chi connectivity index (χ0v) is 12.4. The average Bonchev–Trinajstić information content (AvgIpc) is 2.38. The van der Waals surface area contributed by atoms with Gasteiger partial charge in [0, 0.05) is 23.9 Å². The molecule has 0 spiro atoms. The third-order valence-corrected chi connectivity index (χ3v) is 2.65. The number of methoxy groups -OCH3 is 1. The van der Waals surface area contributed by atoms with Crippen LogP contribution in [0.5, 0.6) is 11.5 Å². The minimum absolute atomic E-state index is 0.0800. The molecule has 0 saturated carbocycles. The van der Waals surface area contributed by atoms with Crippen LogP contribution in [0, 0.1) is 10.1 Å². The van der Waals surface area contributed by atoms with Gasteiger partial charge in [-0.25, -0.2) is 0 Å². The third kappa shape index (κ3) is 4.29. The molecule has 0 atom stereocenters. The molecule has 1 rings (SSSR count). The topological polar surface area (TPSA) is 73.6 Å². The van der Waals surface area contributed by atoms with Gasteiger partial charge in [-0.2, -0.15) is 0 Å². The highest BCUT2D eigenvalue weighted by molar-refractivity contribution is 5.66. The van der Waals surface area contributed by atoms with E-state index in [0.29, 0.717) is 18.0 Å². The number of nitrogens with zero attached hydrogens (tertiary/aromatic N) is 1. The number of ether oxygens (including phenoxy) is 2. The first-order valence-electron chi connectivity index (χ1n) is 6.75. The lowest BCUT2D eigenvalue weighted by molar-refractivity contribution is -0.385. The second kappa shape index (κ2) is 7.57. The van der Waals surface area contributed by atoms with E-state index in [4.69, 9.17) is 9.47 Å². The molecule has 1 aromatic carbocycles. The third-order valence-electron chi connectivity index (χ3n) is 2.65. The zero-order chi connectivity index (χ0) is 15.1.